The lowest BCUT2D eigenvalue weighted by molar-refractivity contribution is 0.0690. The SMILES string of the molecule is COc1ccc(C(=O)COc2ccccc2)c(C(=O)O)c1. The van der Waals surface area contributed by atoms with Gasteiger partial charge in [0.25, 0.3) is 0 Å². The zero-order valence-electron chi connectivity index (χ0n) is 11.4. The van der Waals surface area contributed by atoms with Crippen LogP contribution in [0.1, 0.15) is 20.7 Å². The van der Waals surface area contributed by atoms with Crippen molar-refractivity contribution in [2.24, 2.45) is 0 Å². The largest absolute Gasteiger partial charge is 0.497 e. The molecular weight excluding hydrogens is 272 g/mol. The lowest BCUT2D eigenvalue weighted by atomic mass is 10.0. The van der Waals surface area contributed by atoms with Gasteiger partial charge in [-0.25, -0.2) is 4.79 Å². The van der Waals surface area contributed by atoms with E-state index in [-0.39, 0.29) is 17.7 Å². The predicted molar refractivity (Wildman–Crippen MR) is 76.2 cm³/mol. The quantitative estimate of drug-likeness (QED) is 0.826. The van der Waals surface area contributed by atoms with Gasteiger partial charge >= 0.3 is 5.97 Å². The van der Waals surface area contributed by atoms with Gasteiger partial charge in [-0.1, -0.05) is 18.2 Å². The molecule has 0 saturated heterocycles. The molecule has 5 nitrogen and oxygen atoms in total. The fraction of sp³-hybridized carbons (Fsp3) is 0.125. The molecule has 2 aromatic rings. The summed E-state index contributed by atoms with van der Waals surface area (Å²) in [5.74, 6) is -0.653. The highest BCUT2D eigenvalue weighted by molar-refractivity contribution is 6.06. The highest BCUT2D eigenvalue weighted by Crippen LogP contribution is 2.19. The molecule has 2 rings (SSSR count). The topological polar surface area (TPSA) is 72.8 Å². The van der Waals surface area contributed by atoms with Crippen molar-refractivity contribution in [3.8, 4) is 11.5 Å². The number of benzene rings is 2. The second-order valence-corrected chi connectivity index (χ2v) is 4.24. The smallest absolute Gasteiger partial charge is 0.336 e. The molecule has 0 unspecified atom stereocenters. The summed E-state index contributed by atoms with van der Waals surface area (Å²) >= 11 is 0. The fourth-order valence-corrected chi connectivity index (χ4v) is 1.81. The third kappa shape index (κ3) is 3.60. The molecule has 0 radical (unpaired) electrons. The van der Waals surface area contributed by atoms with Crippen LogP contribution in [0.2, 0.25) is 0 Å². The molecule has 1 N–H and O–H groups in total. The third-order valence-corrected chi connectivity index (χ3v) is 2.87. The highest BCUT2D eigenvalue weighted by atomic mass is 16.5. The van der Waals surface area contributed by atoms with Crippen LogP contribution in [0.4, 0.5) is 0 Å². The monoisotopic (exact) mass is 286 g/mol. The first-order valence-corrected chi connectivity index (χ1v) is 6.24. The van der Waals surface area contributed by atoms with Crippen LogP contribution in [-0.4, -0.2) is 30.6 Å². The van der Waals surface area contributed by atoms with Crippen molar-refractivity contribution in [1.82, 2.24) is 0 Å². The number of carboxylic acid groups (broad SMARTS) is 1. The Morgan fingerprint density at radius 2 is 1.71 bits per heavy atom. The Hall–Kier alpha value is -2.82. The first-order valence-electron chi connectivity index (χ1n) is 6.24. The zero-order chi connectivity index (χ0) is 15.2. The van der Waals surface area contributed by atoms with Gasteiger partial charge in [0, 0.05) is 5.56 Å². The number of hydrogen-bond donors (Lipinski definition) is 1. The fourth-order valence-electron chi connectivity index (χ4n) is 1.81. The maximum atomic E-state index is 12.1. The van der Waals surface area contributed by atoms with Crippen LogP contribution in [0.15, 0.2) is 48.5 Å². The Bertz CT molecular complexity index is 649. The standard InChI is InChI=1S/C16H14O5/c1-20-12-7-8-13(14(9-12)16(18)19)15(17)10-21-11-5-3-2-4-6-11/h2-9H,10H2,1H3,(H,18,19). The van der Waals surface area contributed by atoms with Gasteiger partial charge in [-0.3, -0.25) is 4.79 Å². The summed E-state index contributed by atoms with van der Waals surface area (Å²) in [6.07, 6.45) is 0. The van der Waals surface area contributed by atoms with E-state index in [1.54, 1.807) is 30.3 Å². The molecule has 0 atom stereocenters. The maximum absolute atomic E-state index is 12.1. The molecule has 5 heteroatoms. The Morgan fingerprint density at radius 1 is 1.00 bits per heavy atom. The van der Waals surface area contributed by atoms with Crippen LogP contribution in [0.25, 0.3) is 0 Å². The molecule has 0 spiro atoms. The van der Waals surface area contributed by atoms with Crippen molar-refractivity contribution in [1.29, 1.82) is 0 Å². The Kier molecular flexibility index (Phi) is 4.56. The van der Waals surface area contributed by atoms with Gasteiger partial charge < -0.3 is 14.6 Å². The van der Waals surface area contributed by atoms with Crippen LogP contribution in [-0.2, 0) is 0 Å². The molecule has 0 aromatic heterocycles. The Balaban J connectivity index is 2.17. The van der Waals surface area contributed by atoms with Gasteiger partial charge in [0.15, 0.2) is 6.61 Å². The van der Waals surface area contributed by atoms with Crippen molar-refractivity contribution in [2.75, 3.05) is 13.7 Å². The number of Topliss-reactive ketones (excluding diaryl/α,β-unsaturated/α-hetero) is 1. The average molecular weight is 286 g/mol. The number of rotatable bonds is 6. The number of hydrogen-bond acceptors (Lipinski definition) is 4. The number of carbonyl (C=O) groups excluding carboxylic acids is 1. The first kappa shape index (κ1) is 14.6. The number of ketones is 1. The summed E-state index contributed by atoms with van der Waals surface area (Å²) in [7, 11) is 1.43. The Morgan fingerprint density at radius 3 is 2.33 bits per heavy atom. The van der Waals surface area contributed by atoms with E-state index in [4.69, 9.17) is 9.47 Å². The van der Waals surface area contributed by atoms with Crippen LogP contribution in [0, 0.1) is 0 Å². The number of carboxylic acids is 1. The molecule has 0 aliphatic heterocycles. The van der Waals surface area contributed by atoms with E-state index < -0.39 is 11.8 Å². The molecule has 0 saturated carbocycles. The minimum absolute atomic E-state index is 0.0965. The van der Waals surface area contributed by atoms with Crippen molar-refractivity contribution >= 4 is 11.8 Å². The number of carbonyl (C=O) groups is 2. The van der Waals surface area contributed by atoms with Gasteiger partial charge in [-0.05, 0) is 30.3 Å². The van der Waals surface area contributed by atoms with Crippen LogP contribution in [0.5, 0.6) is 11.5 Å². The van der Waals surface area contributed by atoms with E-state index in [1.165, 1.54) is 19.2 Å². The summed E-state index contributed by atoms with van der Waals surface area (Å²) in [5.41, 5.74) is -0.00440. The normalized spacial score (nSPS) is 9.95. The molecule has 0 amide bonds. The number of ether oxygens (including phenoxy) is 2. The molecule has 0 aliphatic carbocycles. The van der Waals surface area contributed by atoms with E-state index in [0.717, 1.165) is 0 Å². The molecular formula is C16H14O5. The van der Waals surface area contributed by atoms with E-state index in [2.05, 4.69) is 0 Å². The number of aromatic carboxylic acids is 1. The van der Waals surface area contributed by atoms with Crippen molar-refractivity contribution in [2.45, 2.75) is 0 Å². The molecule has 0 fully saturated rings. The van der Waals surface area contributed by atoms with E-state index in [1.807, 2.05) is 6.07 Å². The van der Waals surface area contributed by atoms with Gasteiger partial charge in [-0.15, -0.1) is 0 Å². The maximum Gasteiger partial charge on any atom is 0.336 e. The molecule has 21 heavy (non-hydrogen) atoms. The summed E-state index contributed by atoms with van der Waals surface area (Å²) < 4.78 is 10.3. The van der Waals surface area contributed by atoms with Gasteiger partial charge in [0.2, 0.25) is 5.78 Å². The summed E-state index contributed by atoms with van der Waals surface area (Å²) in [6, 6.07) is 13.1. The highest BCUT2D eigenvalue weighted by Gasteiger charge is 2.18. The van der Waals surface area contributed by atoms with Gasteiger partial charge in [-0.2, -0.15) is 0 Å². The lowest BCUT2D eigenvalue weighted by Crippen LogP contribution is -2.16. The third-order valence-electron chi connectivity index (χ3n) is 2.87. The average Bonchev–Trinajstić information content (AvgIpc) is 2.52. The Labute approximate surface area is 121 Å². The van der Waals surface area contributed by atoms with Crippen LogP contribution < -0.4 is 9.47 Å². The summed E-state index contributed by atoms with van der Waals surface area (Å²) in [5, 5.41) is 9.17. The van der Waals surface area contributed by atoms with Gasteiger partial charge in [0.1, 0.15) is 11.5 Å². The molecule has 0 bridgehead atoms. The van der Waals surface area contributed by atoms with Crippen LogP contribution >= 0.6 is 0 Å². The van der Waals surface area contributed by atoms with Crippen molar-refractivity contribution in [3.63, 3.8) is 0 Å². The lowest BCUT2D eigenvalue weighted by Gasteiger charge is -2.09. The molecule has 0 heterocycles. The second kappa shape index (κ2) is 6.56. The predicted octanol–water partition coefficient (Wildman–Crippen LogP) is 2.66. The molecule has 0 aliphatic rings. The second-order valence-electron chi connectivity index (χ2n) is 4.24. The van der Waals surface area contributed by atoms with E-state index in [0.29, 0.717) is 11.5 Å². The number of methoxy groups -OCH3 is 1. The minimum atomic E-state index is -1.18. The van der Waals surface area contributed by atoms with E-state index in [9.17, 15) is 14.7 Å². The molecule has 2 aromatic carbocycles. The zero-order valence-corrected chi connectivity index (χ0v) is 11.4. The molecule has 108 valence electrons. The van der Waals surface area contributed by atoms with Gasteiger partial charge in [0.05, 0.1) is 12.7 Å². The van der Waals surface area contributed by atoms with Crippen LogP contribution in [0.3, 0.4) is 0 Å². The van der Waals surface area contributed by atoms with E-state index >= 15 is 0 Å². The van der Waals surface area contributed by atoms with Crippen molar-refractivity contribution < 1.29 is 24.2 Å². The van der Waals surface area contributed by atoms with Crippen molar-refractivity contribution in [3.05, 3.63) is 59.7 Å². The number of para-hydroxylation sites is 1. The summed E-state index contributed by atoms with van der Waals surface area (Å²) in [4.78, 5) is 23.3. The minimum Gasteiger partial charge on any atom is -0.497 e. The summed E-state index contributed by atoms with van der Waals surface area (Å²) in [6.45, 7) is -0.226. The first-order chi connectivity index (χ1) is 10.1.